The van der Waals surface area contributed by atoms with Crippen LogP contribution in [0.15, 0.2) is 23.1 Å². The zero-order valence-corrected chi connectivity index (χ0v) is 12.1. The van der Waals surface area contributed by atoms with Crippen molar-refractivity contribution in [3.8, 4) is 0 Å². The molecule has 0 spiro atoms. The van der Waals surface area contributed by atoms with Crippen molar-refractivity contribution < 1.29 is 18.1 Å². The molecule has 0 aliphatic carbocycles. The number of rotatable bonds is 8. The van der Waals surface area contributed by atoms with Crippen LogP contribution in [-0.2, 0) is 14.8 Å². The van der Waals surface area contributed by atoms with Gasteiger partial charge in [-0.3, -0.25) is 10.1 Å². The Morgan fingerprint density at radius 3 is 2.65 bits per heavy atom. The minimum absolute atomic E-state index is 0.109. The molecule has 1 rings (SSSR count). The number of nitrogens with one attached hydrogen (secondary N) is 2. The molecular weight excluding hydrogens is 286 g/mol. The summed E-state index contributed by atoms with van der Waals surface area (Å²) in [6, 6.07) is 3.69. The van der Waals surface area contributed by atoms with E-state index in [1.165, 1.54) is 19.2 Å². The molecule has 8 nitrogen and oxygen atoms in total. The highest BCUT2D eigenvalue weighted by atomic mass is 32.2. The zero-order valence-electron chi connectivity index (χ0n) is 11.3. The van der Waals surface area contributed by atoms with Gasteiger partial charge in [-0.15, -0.1) is 0 Å². The minimum Gasteiger partial charge on any atom is -0.383 e. The molecule has 20 heavy (non-hydrogen) atoms. The third-order valence-electron chi connectivity index (χ3n) is 2.49. The Morgan fingerprint density at radius 2 is 2.10 bits per heavy atom. The van der Waals surface area contributed by atoms with Crippen molar-refractivity contribution in [2.24, 2.45) is 0 Å². The van der Waals surface area contributed by atoms with Gasteiger partial charge in [0, 0.05) is 26.3 Å². The third-order valence-corrected chi connectivity index (χ3v) is 3.95. The van der Waals surface area contributed by atoms with Crippen molar-refractivity contribution in [2.75, 3.05) is 32.1 Å². The molecule has 0 heterocycles. The Bertz CT molecular complexity index is 573. The molecule has 9 heteroatoms. The van der Waals surface area contributed by atoms with Gasteiger partial charge in [0.2, 0.25) is 10.0 Å². The number of nitro benzene ring substituents is 1. The number of nitrogens with zero attached hydrogens (tertiary/aromatic N) is 1. The van der Waals surface area contributed by atoms with Gasteiger partial charge in [-0.05, 0) is 19.1 Å². The second-order valence-corrected chi connectivity index (χ2v) is 5.55. The molecule has 0 saturated heterocycles. The molecule has 0 aliphatic heterocycles. The van der Waals surface area contributed by atoms with E-state index in [1.54, 1.807) is 6.92 Å². The van der Waals surface area contributed by atoms with Crippen LogP contribution in [0.1, 0.15) is 6.92 Å². The third kappa shape index (κ3) is 4.15. The SMILES string of the molecule is CCOCCNS(=O)(=O)c1ccc(NC)c([N+](=O)[O-])c1. The van der Waals surface area contributed by atoms with Crippen LogP contribution in [0.5, 0.6) is 0 Å². The maximum absolute atomic E-state index is 12.0. The molecule has 112 valence electrons. The van der Waals surface area contributed by atoms with Gasteiger partial charge in [-0.1, -0.05) is 0 Å². The highest BCUT2D eigenvalue weighted by Gasteiger charge is 2.20. The standard InChI is InChI=1S/C11H17N3O5S/c1-3-19-7-6-13-20(17,18)9-4-5-10(12-2)11(8-9)14(15)16/h4-5,8,12-13H,3,6-7H2,1-2H3. The van der Waals surface area contributed by atoms with Crippen LogP contribution in [0.3, 0.4) is 0 Å². The van der Waals surface area contributed by atoms with E-state index in [1.807, 2.05) is 0 Å². The van der Waals surface area contributed by atoms with E-state index in [2.05, 4.69) is 10.0 Å². The lowest BCUT2D eigenvalue weighted by Crippen LogP contribution is -2.27. The van der Waals surface area contributed by atoms with Gasteiger partial charge in [-0.25, -0.2) is 13.1 Å². The molecule has 0 aliphatic rings. The second kappa shape index (κ2) is 7.17. The van der Waals surface area contributed by atoms with E-state index in [0.29, 0.717) is 6.61 Å². The minimum atomic E-state index is -3.78. The van der Waals surface area contributed by atoms with E-state index >= 15 is 0 Å². The van der Waals surface area contributed by atoms with Crippen molar-refractivity contribution in [1.29, 1.82) is 0 Å². The summed E-state index contributed by atoms with van der Waals surface area (Å²) in [5, 5.41) is 13.5. The van der Waals surface area contributed by atoms with E-state index in [4.69, 9.17) is 4.74 Å². The van der Waals surface area contributed by atoms with Crippen molar-refractivity contribution in [3.63, 3.8) is 0 Å². The molecule has 1 aromatic rings. The second-order valence-electron chi connectivity index (χ2n) is 3.78. The molecular formula is C11H17N3O5S. The smallest absolute Gasteiger partial charge is 0.293 e. The predicted molar refractivity (Wildman–Crippen MR) is 74.3 cm³/mol. The fourth-order valence-electron chi connectivity index (χ4n) is 1.52. The van der Waals surface area contributed by atoms with Crippen LogP contribution >= 0.6 is 0 Å². The van der Waals surface area contributed by atoms with Gasteiger partial charge in [0.1, 0.15) is 5.69 Å². The fourth-order valence-corrected chi connectivity index (χ4v) is 2.55. The summed E-state index contributed by atoms with van der Waals surface area (Å²) in [7, 11) is -2.26. The van der Waals surface area contributed by atoms with Gasteiger partial charge in [-0.2, -0.15) is 0 Å². The summed E-state index contributed by atoms with van der Waals surface area (Å²) in [6.45, 7) is 2.64. The van der Waals surface area contributed by atoms with Gasteiger partial charge in [0.15, 0.2) is 0 Å². The maximum Gasteiger partial charge on any atom is 0.293 e. The van der Waals surface area contributed by atoms with E-state index in [-0.39, 0.29) is 29.4 Å². The summed E-state index contributed by atoms with van der Waals surface area (Å²) >= 11 is 0. The summed E-state index contributed by atoms with van der Waals surface area (Å²) in [6.07, 6.45) is 0. The molecule has 0 unspecified atom stereocenters. The lowest BCUT2D eigenvalue weighted by molar-refractivity contribution is -0.384. The average Bonchev–Trinajstić information content (AvgIpc) is 2.42. The van der Waals surface area contributed by atoms with Crippen molar-refractivity contribution in [1.82, 2.24) is 4.72 Å². The monoisotopic (exact) mass is 303 g/mol. The van der Waals surface area contributed by atoms with Gasteiger partial charge in [0.05, 0.1) is 16.4 Å². The summed E-state index contributed by atoms with van der Waals surface area (Å²) in [5.74, 6) is 0. The lowest BCUT2D eigenvalue weighted by Gasteiger charge is -2.08. The van der Waals surface area contributed by atoms with E-state index in [0.717, 1.165) is 6.07 Å². The molecule has 1 aromatic carbocycles. The first kappa shape index (κ1) is 16.3. The van der Waals surface area contributed by atoms with Gasteiger partial charge >= 0.3 is 0 Å². The number of hydrogen-bond donors (Lipinski definition) is 2. The lowest BCUT2D eigenvalue weighted by atomic mass is 10.3. The summed E-state index contributed by atoms with van der Waals surface area (Å²) in [5.41, 5.74) is -0.0385. The Balaban J connectivity index is 2.95. The van der Waals surface area contributed by atoms with Gasteiger partial charge < -0.3 is 10.1 Å². The molecule has 0 bridgehead atoms. The maximum atomic E-state index is 12.0. The van der Waals surface area contributed by atoms with Crippen LogP contribution in [0.2, 0.25) is 0 Å². The summed E-state index contributed by atoms with van der Waals surface area (Å²) in [4.78, 5) is 10.1. The molecule has 0 amide bonds. The van der Waals surface area contributed by atoms with Crippen LogP contribution in [-0.4, -0.2) is 40.1 Å². The van der Waals surface area contributed by atoms with Crippen LogP contribution < -0.4 is 10.0 Å². The first-order chi connectivity index (χ1) is 9.42. The van der Waals surface area contributed by atoms with Crippen LogP contribution in [0.25, 0.3) is 0 Å². The largest absolute Gasteiger partial charge is 0.383 e. The normalized spacial score (nSPS) is 11.3. The number of hydrogen-bond acceptors (Lipinski definition) is 6. The average molecular weight is 303 g/mol. The fraction of sp³-hybridized carbons (Fsp3) is 0.455. The number of sulfonamides is 1. The van der Waals surface area contributed by atoms with Crippen molar-refractivity contribution in [3.05, 3.63) is 28.3 Å². The Morgan fingerprint density at radius 1 is 1.40 bits per heavy atom. The van der Waals surface area contributed by atoms with Crippen molar-refractivity contribution in [2.45, 2.75) is 11.8 Å². The van der Waals surface area contributed by atoms with Crippen LogP contribution in [0.4, 0.5) is 11.4 Å². The Kier molecular flexibility index (Phi) is 5.86. The quantitative estimate of drug-likeness (QED) is 0.420. The predicted octanol–water partition coefficient (Wildman–Crippen LogP) is 0.951. The number of benzene rings is 1. The molecule has 0 atom stereocenters. The summed E-state index contributed by atoms with van der Waals surface area (Å²) < 4.78 is 31.3. The number of nitro groups is 1. The molecule has 0 saturated carbocycles. The zero-order chi connectivity index (χ0) is 15.2. The molecule has 2 N–H and O–H groups in total. The molecule has 0 aromatic heterocycles. The van der Waals surface area contributed by atoms with Gasteiger partial charge in [0.25, 0.3) is 5.69 Å². The Labute approximate surface area is 117 Å². The highest BCUT2D eigenvalue weighted by molar-refractivity contribution is 7.89. The molecule has 0 fully saturated rings. The Hall–Kier alpha value is -1.71. The van der Waals surface area contributed by atoms with Crippen LogP contribution in [0, 0.1) is 10.1 Å². The molecule has 0 radical (unpaired) electrons. The van der Waals surface area contributed by atoms with E-state index < -0.39 is 14.9 Å². The first-order valence-corrected chi connectivity index (χ1v) is 7.44. The topological polar surface area (TPSA) is 111 Å². The highest BCUT2D eigenvalue weighted by Crippen LogP contribution is 2.26. The van der Waals surface area contributed by atoms with Crippen molar-refractivity contribution >= 4 is 21.4 Å². The first-order valence-electron chi connectivity index (χ1n) is 5.96. The number of ether oxygens (including phenoxy) is 1. The van der Waals surface area contributed by atoms with E-state index in [9.17, 15) is 18.5 Å². The number of anilines is 1.